The predicted molar refractivity (Wildman–Crippen MR) is 140 cm³/mol. The SMILES string of the molecule is O=C1NC(=Nc2ccc(F)cc2)S/C1=C/c1cc(Br)c(OCc2ccc(Cl)cc2Cl)c(Br)c1. The number of hydrogen-bond donors (Lipinski definition) is 1. The number of carbonyl (C=O) groups excluding carboxylic acids is 1. The van der Waals surface area contributed by atoms with Gasteiger partial charge in [-0.05, 0) is 104 Å². The Labute approximate surface area is 220 Å². The second kappa shape index (κ2) is 10.6. The van der Waals surface area contributed by atoms with E-state index in [0.717, 1.165) is 11.1 Å². The van der Waals surface area contributed by atoms with Crippen molar-refractivity contribution in [3.63, 3.8) is 0 Å². The van der Waals surface area contributed by atoms with Crippen molar-refractivity contribution in [3.8, 4) is 5.75 Å². The highest BCUT2D eigenvalue weighted by Gasteiger charge is 2.24. The van der Waals surface area contributed by atoms with Gasteiger partial charge >= 0.3 is 0 Å². The first-order valence-electron chi connectivity index (χ1n) is 9.39. The second-order valence-corrected chi connectivity index (χ2v) is 10.4. The molecular weight excluding hydrogens is 618 g/mol. The molecule has 1 aliphatic rings. The van der Waals surface area contributed by atoms with E-state index in [4.69, 9.17) is 27.9 Å². The Balaban J connectivity index is 1.50. The number of aliphatic imine (C=N–C) groups is 1. The normalized spacial score (nSPS) is 15.8. The van der Waals surface area contributed by atoms with E-state index >= 15 is 0 Å². The van der Waals surface area contributed by atoms with E-state index in [9.17, 15) is 9.18 Å². The molecule has 3 aromatic carbocycles. The molecule has 1 amide bonds. The molecule has 1 aliphatic heterocycles. The van der Waals surface area contributed by atoms with E-state index in [1.165, 1.54) is 23.9 Å². The largest absolute Gasteiger partial charge is 0.486 e. The van der Waals surface area contributed by atoms with Gasteiger partial charge in [0.05, 0.1) is 19.5 Å². The van der Waals surface area contributed by atoms with Crippen molar-refractivity contribution in [1.29, 1.82) is 0 Å². The third kappa shape index (κ3) is 6.19. The van der Waals surface area contributed by atoms with Crippen molar-refractivity contribution in [2.24, 2.45) is 4.99 Å². The highest BCUT2D eigenvalue weighted by atomic mass is 79.9. The number of benzene rings is 3. The third-order valence-corrected chi connectivity index (χ3v) is 7.09. The molecular formula is C23H13Br2Cl2FN2O2S. The van der Waals surface area contributed by atoms with Crippen LogP contribution in [0.25, 0.3) is 6.08 Å². The van der Waals surface area contributed by atoms with Crippen molar-refractivity contribution in [2.45, 2.75) is 6.61 Å². The molecule has 1 heterocycles. The smallest absolute Gasteiger partial charge is 0.264 e. The molecule has 168 valence electrons. The van der Waals surface area contributed by atoms with Crippen molar-refractivity contribution in [3.05, 3.63) is 95.4 Å². The Morgan fingerprint density at radius 1 is 1.06 bits per heavy atom. The van der Waals surface area contributed by atoms with Gasteiger partial charge in [-0.1, -0.05) is 29.3 Å². The van der Waals surface area contributed by atoms with Gasteiger partial charge in [0.2, 0.25) is 0 Å². The minimum Gasteiger partial charge on any atom is -0.486 e. The van der Waals surface area contributed by atoms with Gasteiger partial charge in [-0.2, -0.15) is 0 Å². The van der Waals surface area contributed by atoms with Crippen LogP contribution >= 0.6 is 66.8 Å². The van der Waals surface area contributed by atoms with Gasteiger partial charge < -0.3 is 10.1 Å². The second-order valence-electron chi connectivity index (χ2n) is 6.80. The fourth-order valence-electron chi connectivity index (χ4n) is 2.85. The topological polar surface area (TPSA) is 50.7 Å². The molecule has 0 atom stereocenters. The summed E-state index contributed by atoms with van der Waals surface area (Å²) in [6.07, 6.45) is 1.75. The lowest BCUT2D eigenvalue weighted by Gasteiger charge is -2.12. The fraction of sp³-hybridized carbons (Fsp3) is 0.0435. The molecule has 0 aliphatic carbocycles. The van der Waals surface area contributed by atoms with Crippen molar-refractivity contribution >= 4 is 89.7 Å². The van der Waals surface area contributed by atoms with Crippen LogP contribution in [-0.4, -0.2) is 11.1 Å². The van der Waals surface area contributed by atoms with Crippen LogP contribution in [0.1, 0.15) is 11.1 Å². The maximum Gasteiger partial charge on any atom is 0.264 e. The van der Waals surface area contributed by atoms with Gasteiger partial charge in [-0.25, -0.2) is 9.38 Å². The van der Waals surface area contributed by atoms with Gasteiger partial charge in [0.15, 0.2) is 5.17 Å². The molecule has 33 heavy (non-hydrogen) atoms. The lowest BCUT2D eigenvalue weighted by atomic mass is 10.2. The molecule has 10 heteroatoms. The maximum absolute atomic E-state index is 13.1. The van der Waals surface area contributed by atoms with Crippen LogP contribution < -0.4 is 10.1 Å². The van der Waals surface area contributed by atoms with E-state index in [1.807, 2.05) is 18.2 Å². The average molecular weight is 631 g/mol. The van der Waals surface area contributed by atoms with Crippen LogP contribution in [0.2, 0.25) is 10.0 Å². The zero-order chi connectivity index (χ0) is 23.5. The van der Waals surface area contributed by atoms with Gasteiger partial charge in [-0.3, -0.25) is 4.79 Å². The van der Waals surface area contributed by atoms with E-state index in [-0.39, 0.29) is 18.3 Å². The van der Waals surface area contributed by atoms with Crippen LogP contribution in [0, 0.1) is 5.82 Å². The Morgan fingerprint density at radius 3 is 2.42 bits per heavy atom. The summed E-state index contributed by atoms with van der Waals surface area (Å²) >= 11 is 20.4. The van der Waals surface area contributed by atoms with Gasteiger partial charge in [0.25, 0.3) is 5.91 Å². The number of nitrogens with zero attached hydrogens (tertiary/aromatic N) is 1. The molecule has 1 fully saturated rings. The number of nitrogens with one attached hydrogen (secondary N) is 1. The molecule has 0 bridgehead atoms. The quantitative estimate of drug-likeness (QED) is 0.290. The molecule has 0 unspecified atom stereocenters. The average Bonchev–Trinajstić information content (AvgIpc) is 3.09. The number of thioether (sulfide) groups is 1. The Hall–Kier alpha value is -1.84. The van der Waals surface area contributed by atoms with E-state index < -0.39 is 0 Å². The number of amides is 1. The summed E-state index contributed by atoms with van der Waals surface area (Å²) in [4.78, 5) is 17.2. The van der Waals surface area contributed by atoms with Crippen molar-refractivity contribution < 1.29 is 13.9 Å². The lowest BCUT2D eigenvalue weighted by molar-refractivity contribution is -0.115. The van der Waals surface area contributed by atoms with Crippen LogP contribution in [0.3, 0.4) is 0 Å². The number of amidine groups is 1. The number of hydrogen-bond acceptors (Lipinski definition) is 4. The number of rotatable bonds is 5. The van der Waals surface area contributed by atoms with Gasteiger partial charge in [-0.15, -0.1) is 0 Å². The van der Waals surface area contributed by atoms with E-state index in [0.29, 0.717) is 40.5 Å². The third-order valence-electron chi connectivity index (χ3n) is 4.41. The minimum absolute atomic E-state index is 0.259. The first-order valence-corrected chi connectivity index (χ1v) is 12.6. The summed E-state index contributed by atoms with van der Waals surface area (Å²) in [5.41, 5.74) is 2.14. The van der Waals surface area contributed by atoms with Crippen LogP contribution in [0.5, 0.6) is 5.75 Å². The summed E-state index contributed by atoms with van der Waals surface area (Å²) in [5, 5.41) is 4.23. The standard InChI is InChI=1S/C23H13Br2Cl2FN2O2S/c24-17-7-12(8-18(25)21(17)32-11-13-1-2-14(26)10-19(13)27)9-20-22(31)30-23(33-20)29-16-5-3-15(28)4-6-16/h1-10H,11H2,(H,29,30,31)/b20-9+. The molecule has 4 nitrogen and oxygen atoms in total. The van der Waals surface area contributed by atoms with Gasteiger partial charge in [0.1, 0.15) is 18.2 Å². The zero-order valence-electron chi connectivity index (χ0n) is 16.5. The molecule has 1 N–H and O–H groups in total. The number of carbonyl (C=O) groups is 1. The summed E-state index contributed by atoms with van der Waals surface area (Å²) in [7, 11) is 0. The summed E-state index contributed by atoms with van der Waals surface area (Å²) in [6.45, 7) is 0.259. The monoisotopic (exact) mass is 628 g/mol. The molecule has 0 spiro atoms. The first kappa shape index (κ1) is 24.3. The van der Waals surface area contributed by atoms with E-state index in [1.54, 1.807) is 30.3 Å². The van der Waals surface area contributed by atoms with Crippen LogP contribution in [0.15, 0.2) is 73.4 Å². The lowest BCUT2D eigenvalue weighted by Crippen LogP contribution is -2.19. The highest BCUT2D eigenvalue weighted by Crippen LogP contribution is 2.37. The minimum atomic E-state index is -0.345. The molecule has 3 aromatic rings. The predicted octanol–water partition coefficient (Wildman–Crippen LogP) is 8.13. The molecule has 0 radical (unpaired) electrons. The molecule has 1 saturated heterocycles. The number of ether oxygens (including phenoxy) is 1. The van der Waals surface area contributed by atoms with E-state index in [2.05, 4.69) is 42.2 Å². The Bertz CT molecular complexity index is 1280. The maximum atomic E-state index is 13.1. The summed E-state index contributed by atoms with van der Waals surface area (Å²) in [6, 6.07) is 14.6. The molecule has 4 rings (SSSR count). The first-order chi connectivity index (χ1) is 15.8. The number of halogens is 5. The molecule has 0 saturated carbocycles. The Kier molecular flexibility index (Phi) is 7.81. The summed E-state index contributed by atoms with van der Waals surface area (Å²) in [5.74, 6) is -0.00134. The molecule has 0 aromatic heterocycles. The van der Waals surface area contributed by atoms with Crippen molar-refractivity contribution in [1.82, 2.24) is 5.32 Å². The fourth-order valence-corrected chi connectivity index (χ4v) is 5.61. The van der Waals surface area contributed by atoms with Crippen LogP contribution in [-0.2, 0) is 11.4 Å². The summed E-state index contributed by atoms with van der Waals surface area (Å²) < 4.78 is 20.4. The van der Waals surface area contributed by atoms with Crippen molar-refractivity contribution in [2.75, 3.05) is 0 Å². The zero-order valence-corrected chi connectivity index (χ0v) is 22.0. The highest BCUT2D eigenvalue weighted by molar-refractivity contribution is 9.11. The Morgan fingerprint density at radius 2 is 1.76 bits per heavy atom. The van der Waals surface area contributed by atoms with Gasteiger partial charge in [0, 0.05) is 15.6 Å². The van der Waals surface area contributed by atoms with Crippen LogP contribution in [0.4, 0.5) is 10.1 Å².